The Hall–Kier alpha value is -3.03. The van der Waals surface area contributed by atoms with Gasteiger partial charge in [-0.05, 0) is 28.1 Å². The highest BCUT2D eigenvalue weighted by molar-refractivity contribution is 6.17. The molecule has 4 rings (SSSR count). The van der Waals surface area contributed by atoms with Gasteiger partial charge in [0.25, 0.3) is 5.91 Å². The van der Waals surface area contributed by atoms with Gasteiger partial charge in [0.05, 0.1) is 24.6 Å². The Kier molecular flexibility index (Phi) is 4.01. The summed E-state index contributed by atoms with van der Waals surface area (Å²) in [5.74, 6) is 1.72. The van der Waals surface area contributed by atoms with E-state index in [2.05, 4.69) is 46.5 Å². The van der Waals surface area contributed by atoms with Gasteiger partial charge in [-0.25, -0.2) is 0 Å². The molecule has 4 nitrogen and oxygen atoms in total. The van der Waals surface area contributed by atoms with Crippen LogP contribution in [0, 0.1) is 12.3 Å². The van der Waals surface area contributed by atoms with Crippen LogP contribution >= 0.6 is 0 Å². The molecule has 1 saturated heterocycles. The molecule has 3 aromatic rings. The predicted octanol–water partition coefficient (Wildman–Crippen LogP) is 3.40. The number of terminal acetylenes is 1. The van der Waals surface area contributed by atoms with Crippen LogP contribution in [0.25, 0.3) is 21.5 Å². The molecule has 0 atom stereocenters. The topological polar surface area (TPSA) is 41.6 Å². The van der Waals surface area contributed by atoms with Gasteiger partial charge in [-0.2, -0.15) is 0 Å². The van der Waals surface area contributed by atoms with Crippen LogP contribution in [0.5, 0.6) is 0 Å². The minimum Gasteiger partial charge on any atom is -0.378 e. The minimum atomic E-state index is -0.435. The molecule has 0 aliphatic carbocycles. The number of rotatable bonds is 2. The molecule has 3 aromatic carbocycles. The van der Waals surface area contributed by atoms with Crippen LogP contribution in [0.1, 0.15) is 0 Å². The molecule has 0 unspecified atom stereocenters. The predicted molar refractivity (Wildman–Crippen MR) is 102 cm³/mol. The van der Waals surface area contributed by atoms with Crippen LogP contribution in [-0.2, 0) is 9.53 Å². The third-order valence-electron chi connectivity index (χ3n) is 4.63. The number of amides is 1. The molecule has 124 valence electrons. The molecule has 1 amide bonds. The fourth-order valence-corrected chi connectivity index (χ4v) is 3.43. The van der Waals surface area contributed by atoms with Crippen LogP contribution in [0.3, 0.4) is 0 Å². The molecule has 0 bridgehead atoms. The summed E-state index contributed by atoms with van der Waals surface area (Å²) in [4.78, 5) is 14.2. The van der Waals surface area contributed by atoms with E-state index in [1.54, 1.807) is 0 Å². The van der Waals surface area contributed by atoms with Crippen molar-refractivity contribution in [1.82, 2.24) is 0 Å². The molecule has 1 fully saturated rings. The van der Waals surface area contributed by atoms with E-state index < -0.39 is 5.91 Å². The number of benzene rings is 3. The molecule has 0 radical (unpaired) electrons. The highest BCUT2D eigenvalue weighted by atomic mass is 16.5. The number of morpholine rings is 1. The molecular weight excluding hydrogens is 312 g/mol. The number of nitrogens with zero attached hydrogens (tertiary/aromatic N) is 1. The number of carbonyl (C=O) groups is 1. The number of hydrogen-bond donors (Lipinski definition) is 1. The first-order valence-corrected chi connectivity index (χ1v) is 8.32. The first-order valence-electron chi connectivity index (χ1n) is 8.32. The van der Waals surface area contributed by atoms with Crippen molar-refractivity contribution in [3.05, 3.63) is 48.5 Å². The number of fused-ring (bicyclic) bond motifs is 3. The van der Waals surface area contributed by atoms with Crippen LogP contribution < -0.4 is 10.2 Å². The van der Waals surface area contributed by atoms with Crippen LogP contribution in [0.15, 0.2) is 48.5 Å². The van der Waals surface area contributed by atoms with Gasteiger partial charge in [0.2, 0.25) is 0 Å². The van der Waals surface area contributed by atoms with E-state index in [0.29, 0.717) is 13.2 Å². The molecule has 0 spiro atoms. The SMILES string of the molecule is C#CC(=O)Nc1c(N2CCOCC2)ccc2c1ccc1ccccc12. The van der Waals surface area contributed by atoms with Crippen molar-refractivity contribution in [2.75, 3.05) is 36.5 Å². The van der Waals surface area contributed by atoms with E-state index in [0.717, 1.165) is 40.6 Å². The van der Waals surface area contributed by atoms with Gasteiger partial charge in [0, 0.05) is 18.5 Å². The standard InChI is InChI=1S/C21H18N2O2/c1-2-20(24)22-21-18-8-7-15-5-3-4-6-16(15)17(18)9-10-19(21)23-11-13-25-14-12-23/h1,3-10H,11-14H2,(H,22,24). The van der Waals surface area contributed by atoms with Crippen molar-refractivity contribution in [3.63, 3.8) is 0 Å². The van der Waals surface area contributed by atoms with E-state index in [-0.39, 0.29) is 0 Å². The zero-order valence-corrected chi connectivity index (χ0v) is 13.8. The van der Waals surface area contributed by atoms with Crippen molar-refractivity contribution in [3.8, 4) is 12.3 Å². The summed E-state index contributed by atoms with van der Waals surface area (Å²) in [7, 11) is 0. The highest BCUT2D eigenvalue weighted by Gasteiger charge is 2.18. The minimum absolute atomic E-state index is 0.435. The molecule has 1 heterocycles. The zero-order valence-electron chi connectivity index (χ0n) is 13.8. The number of hydrogen-bond acceptors (Lipinski definition) is 3. The first kappa shape index (κ1) is 15.5. The lowest BCUT2D eigenvalue weighted by Crippen LogP contribution is -2.36. The zero-order chi connectivity index (χ0) is 17.2. The van der Waals surface area contributed by atoms with Crippen molar-refractivity contribution >= 4 is 38.8 Å². The van der Waals surface area contributed by atoms with Gasteiger partial charge in [-0.15, -0.1) is 6.42 Å². The Labute approximate surface area is 146 Å². The second-order valence-corrected chi connectivity index (χ2v) is 6.04. The largest absolute Gasteiger partial charge is 0.378 e. The number of nitrogens with one attached hydrogen (secondary N) is 1. The van der Waals surface area contributed by atoms with Gasteiger partial charge in [-0.1, -0.05) is 42.5 Å². The second-order valence-electron chi connectivity index (χ2n) is 6.04. The molecule has 1 N–H and O–H groups in total. The van der Waals surface area contributed by atoms with E-state index in [1.807, 2.05) is 18.2 Å². The second kappa shape index (κ2) is 6.46. The molecule has 1 aliphatic rings. The van der Waals surface area contributed by atoms with Gasteiger partial charge in [-0.3, -0.25) is 4.79 Å². The van der Waals surface area contributed by atoms with Crippen molar-refractivity contribution in [1.29, 1.82) is 0 Å². The average Bonchev–Trinajstić information content (AvgIpc) is 2.68. The number of ether oxygens (including phenoxy) is 1. The summed E-state index contributed by atoms with van der Waals surface area (Å²) >= 11 is 0. The summed E-state index contributed by atoms with van der Waals surface area (Å²) in [5.41, 5.74) is 1.75. The molecule has 1 aliphatic heterocycles. The molecule has 0 saturated carbocycles. The maximum absolute atomic E-state index is 11.9. The van der Waals surface area contributed by atoms with Gasteiger partial charge >= 0.3 is 0 Å². The van der Waals surface area contributed by atoms with Crippen LogP contribution in [0.4, 0.5) is 11.4 Å². The van der Waals surface area contributed by atoms with Crippen LogP contribution in [0.2, 0.25) is 0 Å². The molecule has 4 heteroatoms. The summed E-state index contributed by atoms with van der Waals surface area (Å²) in [5, 5.41) is 7.33. The van der Waals surface area contributed by atoms with E-state index >= 15 is 0 Å². The summed E-state index contributed by atoms with van der Waals surface area (Å²) < 4.78 is 5.45. The normalized spacial score (nSPS) is 14.4. The van der Waals surface area contributed by atoms with E-state index in [4.69, 9.17) is 11.2 Å². The molecular formula is C21H18N2O2. The summed E-state index contributed by atoms with van der Waals surface area (Å²) in [6, 6.07) is 16.5. The fraction of sp³-hybridized carbons (Fsp3) is 0.190. The van der Waals surface area contributed by atoms with Gasteiger partial charge in [0.1, 0.15) is 0 Å². The lowest BCUT2D eigenvalue weighted by molar-refractivity contribution is -0.111. The smallest absolute Gasteiger partial charge is 0.300 e. The molecule has 0 aromatic heterocycles. The number of anilines is 2. The quantitative estimate of drug-likeness (QED) is 0.578. The summed E-state index contributed by atoms with van der Waals surface area (Å²) in [6.45, 7) is 2.94. The Morgan fingerprint density at radius 1 is 1.00 bits per heavy atom. The maximum atomic E-state index is 11.9. The highest BCUT2D eigenvalue weighted by Crippen LogP contribution is 2.37. The first-order chi connectivity index (χ1) is 12.3. The van der Waals surface area contributed by atoms with Gasteiger partial charge < -0.3 is 15.0 Å². The van der Waals surface area contributed by atoms with Gasteiger partial charge in [0.15, 0.2) is 0 Å². The Bertz CT molecular complexity index is 998. The van der Waals surface area contributed by atoms with Crippen LogP contribution in [-0.4, -0.2) is 32.2 Å². The van der Waals surface area contributed by atoms with Crippen molar-refractivity contribution in [2.45, 2.75) is 0 Å². The van der Waals surface area contributed by atoms with Crippen molar-refractivity contribution < 1.29 is 9.53 Å². The third kappa shape index (κ3) is 2.79. The molecule has 25 heavy (non-hydrogen) atoms. The maximum Gasteiger partial charge on any atom is 0.300 e. The Balaban J connectivity index is 1.95. The third-order valence-corrected chi connectivity index (χ3v) is 4.63. The lowest BCUT2D eigenvalue weighted by Gasteiger charge is -2.31. The fourth-order valence-electron chi connectivity index (χ4n) is 3.43. The number of carbonyl (C=O) groups excluding carboxylic acids is 1. The Morgan fingerprint density at radius 3 is 2.56 bits per heavy atom. The Morgan fingerprint density at radius 2 is 1.76 bits per heavy atom. The average molecular weight is 330 g/mol. The summed E-state index contributed by atoms with van der Waals surface area (Å²) in [6.07, 6.45) is 5.29. The lowest BCUT2D eigenvalue weighted by atomic mass is 9.99. The van der Waals surface area contributed by atoms with E-state index in [9.17, 15) is 4.79 Å². The monoisotopic (exact) mass is 330 g/mol. The van der Waals surface area contributed by atoms with E-state index in [1.165, 1.54) is 5.39 Å². The van der Waals surface area contributed by atoms with Crippen molar-refractivity contribution in [2.24, 2.45) is 0 Å².